The van der Waals surface area contributed by atoms with Crippen molar-refractivity contribution >= 4 is 11.8 Å². The molecule has 0 aromatic rings. The van der Waals surface area contributed by atoms with Crippen LogP contribution in [0.1, 0.15) is 79.1 Å². The number of allylic oxidation sites excluding steroid dienone is 1. The molecular formula is C26H40O5. The van der Waals surface area contributed by atoms with E-state index in [0.717, 1.165) is 38.5 Å². The number of rotatable bonds is 5. The Morgan fingerprint density at radius 1 is 1.23 bits per heavy atom. The van der Waals surface area contributed by atoms with Gasteiger partial charge in [-0.15, -0.1) is 0 Å². The normalized spacial score (nSPS) is 45.6. The van der Waals surface area contributed by atoms with Crippen LogP contribution in [0.5, 0.6) is 0 Å². The first-order valence-corrected chi connectivity index (χ1v) is 12.2. The van der Waals surface area contributed by atoms with Crippen molar-refractivity contribution in [1.82, 2.24) is 0 Å². The van der Waals surface area contributed by atoms with Crippen LogP contribution in [0.3, 0.4) is 0 Å². The summed E-state index contributed by atoms with van der Waals surface area (Å²) in [6.45, 7) is 8.02. The number of hydrogen-bond donors (Lipinski definition) is 2. The fraction of sp³-hybridized carbons (Fsp3) is 0.846. The minimum absolute atomic E-state index is 0.0523. The molecule has 5 aliphatic rings. The van der Waals surface area contributed by atoms with Crippen molar-refractivity contribution in [3.63, 3.8) is 0 Å². The van der Waals surface area contributed by atoms with Crippen molar-refractivity contribution < 1.29 is 24.5 Å². The van der Waals surface area contributed by atoms with E-state index in [2.05, 4.69) is 6.92 Å². The average molecular weight is 433 g/mol. The number of carbonyl (C=O) groups excluding carboxylic acids is 2. The molecule has 5 aliphatic carbocycles. The number of aliphatic hydroxyl groups excluding tert-OH is 2. The first kappa shape index (κ1) is 23.0. The van der Waals surface area contributed by atoms with Crippen LogP contribution in [0.15, 0.2) is 11.6 Å². The molecule has 5 nitrogen and oxygen atoms in total. The summed E-state index contributed by atoms with van der Waals surface area (Å²) in [5.41, 5.74) is 0.228. The zero-order valence-electron chi connectivity index (χ0n) is 19.7. The van der Waals surface area contributed by atoms with E-state index in [0.29, 0.717) is 23.8 Å². The Morgan fingerprint density at radius 3 is 2.61 bits per heavy atom. The zero-order chi connectivity index (χ0) is 22.6. The fourth-order valence-corrected chi connectivity index (χ4v) is 8.43. The molecule has 5 heteroatoms. The van der Waals surface area contributed by atoms with E-state index < -0.39 is 11.5 Å². The molecule has 0 radical (unpaired) electrons. The highest BCUT2D eigenvalue weighted by atomic mass is 16.5. The Labute approximate surface area is 186 Å². The molecule has 8 atom stereocenters. The molecule has 0 aliphatic heterocycles. The molecule has 5 saturated carbocycles. The summed E-state index contributed by atoms with van der Waals surface area (Å²) in [7, 11) is 0. The van der Waals surface area contributed by atoms with Gasteiger partial charge >= 0.3 is 5.97 Å². The predicted molar refractivity (Wildman–Crippen MR) is 118 cm³/mol. The highest BCUT2D eigenvalue weighted by Gasteiger charge is 2.66. The molecule has 1 spiro atoms. The van der Waals surface area contributed by atoms with Gasteiger partial charge in [0.25, 0.3) is 0 Å². The lowest BCUT2D eigenvalue weighted by atomic mass is 9.36. The third kappa shape index (κ3) is 3.42. The van der Waals surface area contributed by atoms with Gasteiger partial charge in [0.2, 0.25) is 0 Å². The molecule has 0 heterocycles. The molecule has 174 valence electrons. The largest absolute Gasteiger partial charge is 0.461 e. The molecule has 31 heavy (non-hydrogen) atoms. The second-order valence-electron chi connectivity index (χ2n) is 11.6. The zero-order valence-corrected chi connectivity index (χ0v) is 19.7. The molecule has 0 aromatic heterocycles. The van der Waals surface area contributed by atoms with Crippen LogP contribution < -0.4 is 0 Å². The van der Waals surface area contributed by atoms with Crippen molar-refractivity contribution in [2.45, 2.75) is 85.2 Å². The van der Waals surface area contributed by atoms with Crippen molar-refractivity contribution in [3.8, 4) is 0 Å². The van der Waals surface area contributed by atoms with Crippen molar-refractivity contribution in [2.24, 2.45) is 39.9 Å². The molecule has 2 bridgehead atoms. The number of aliphatic hydroxyl groups is 2. The van der Waals surface area contributed by atoms with Crippen LogP contribution in [-0.4, -0.2) is 41.3 Å². The second kappa shape index (κ2) is 7.98. The molecule has 5 rings (SSSR count). The molecule has 0 saturated heterocycles. The Balaban J connectivity index is 1.60. The molecule has 0 aromatic carbocycles. The predicted octanol–water partition coefficient (Wildman–Crippen LogP) is 4.06. The van der Waals surface area contributed by atoms with Gasteiger partial charge in [-0.2, -0.15) is 0 Å². The summed E-state index contributed by atoms with van der Waals surface area (Å²) in [5.74, 6) is 1.34. The summed E-state index contributed by atoms with van der Waals surface area (Å²) in [5, 5.41) is 20.0. The highest BCUT2D eigenvalue weighted by Crippen LogP contribution is 2.72. The molecule has 5 fully saturated rings. The number of ether oxygens (including phenoxy) is 1. The van der Waals surface area contributed by atoms with E-state index in [1.165, 1.54) is 6.42 Å². The average Bonchev–Trinajstić information content (AvgIpc) is 2.78. The Hall–Kier alpha value is -1.20. The van der Waals surface area contributed by atoms with Gasteiger partial charge in [-0.3, -0.25) is 4.79 Å². The van der Waals surface area contributed by atoms with E-state index in [-0.39, 0.29) is 47.6 Å². The third-order valence-electron chi connectivity index (χ3n) is 10.3. The van der Waals surface area contributed by atoms with Crippen LogP contribution in [0.25, 0.3) is 0 Å². The SMILES string of the molecule is C/C=C(\C)C(=O)OC[C@]1(C)C(=O)CC[C@@]2(C)[C@@H]3C[C@@H]4CC[C@@]3(CC[C@@H]21)CC4[C@@H](O)CO. The maximum atomic E-state index is 13.2. The lowest BCUT2D eigenvalue weighted by molar-refractivity contribution is -0.211. The Morgan fingerprint density at radius 2 is 1.94 bits per heavy atom. The number of carbonyl (C=O) groups is 2. The van der Waals surface area contributed by atoms with Crippen molar-refractivity contribution in [1.29, 1.82) is 0 Å². The van der Waals surface area contributed by atoms with E-state index in [1.54, 1.807) is 13.0 Å². The van der Waals surface area contributed by atoms with Gasteiger partial charge in [0.15, 0.2) is 0 Å². The summed E-state index contributed by atoms with van der Waals surface area (Å²) in [6.07, 6.45) is 9.12. The first-order chi connectivity index (χ1) is 14.6. The molecule has 2 N–H and O–H groups in total. The summed E-state index contributed by atoms with van der Waals surface area (Å²) in [6, 6.07) is 0. The van der Waals surface area contributed by atoms with Gasteiger partial charge in [0, 0.05) is 12.0 Å². The third-order valence-corrected chi connectivity index (χ3v) is 10.3. The summed E-state index contributed by atoms with van der Waals surface area (Å²) in [4.78, 5) is 25.5. The van der Waals surface area contributed by atoms with E-state index in [4.69, 9.17) is 4.74 Å². The smallest absolute Gasteiger partial charge is 0.333 e. The Kier molecular flexibility index (Phi) is 5.92. The van der Waals surface area contributed by atoms with Crippen molar-refractivity contribution in [3.05, 3.63) is 11.6 Å². The van der Waals surface area contributed by atoms with Gasteiger partial charge in [0.1, 0.15) is 12.4 Å². The molecule has 0 amide bonds. The monoisotopic (exact) mass is 432 g/mol. The van der Waals surface area contributed by atoms with Crippen LogP contribution >= 0.6 is 0 Å². The van der Waals surface area contributed by atoms with Gasteiger partial charge in [-0.05, 0) is 100 Å². The first-order valence-electron chi connectivity index (χ1n) is 12.2. The van der Waals surface area contributed by atoms with Crippen LogP contribution in [0.4, 0.5) is 0 Å². The molecular weight excluding hydrogens is 392 g/mol. The summed E-state index contributed by atoms with van der Waals surface area (Å²) < 4.78 is 5.67. The minimum Gasteiger partial charge on any atom is -0.461 e. The quantitative estimate of drug-likeness (QED) is 0.506. The standard InChI is InChI=1S/C26H40O5/c1-5-16(2)23(30)31-15-25(4)20-7-11-26-10-6-17(18(13-26)19(28)14-27)12-21(26)24(20,3)9-8-22(25)29/h5,17-21,27-28H,6-15H2,1-4H3/b16-5+/t17-,18?,19-,20-,21-,24+,25-,26+/m0/s1. The lowest BCUT2D eigenvalue weighted by Gasteiger charge is -2.68. The van der Waals surface area contributed by atoms with Crippen LogP contribution in [-0.2, 0) is 14.3 Å². The van der Waals surface area contributed by atoms with Gasteiger partial charge in [0.05, 0.1) is 18.1 Å². The lowest BCUT2D eigenvalue weighted by Crippen LogP contribution is -2.64. The van der Waals surface area contributed by atoms with E-state index in [1.807, 2.05) is 13.8 Å². The molecule has 1 unspecified atom stereocenters. The minimum atomic E-state index is -0.626. The summed E-state index contributed by atoms with van der Waals surface area (Å²) >= 11 is 0. The number of Topliss-reactive ketones (excluding diaryl/α,β-unsaturated/α-hetero) is 1. The van der Waals surface area contributed by atoms with E-state index >= 15 is 0 Å². The van der Waals surface area contributed by atoms with E-state index in [9.17, 15) is 19.8 Å². The Bertz CT molecular complexity index is 774. The number of hydrogen-bond acceptors (Lipinski definition) is 5. The number of esters is 1. The second-order valence-corrected chi connectivity index (χ2v) is 11.6. The topological polar surface area (TPSA) is 83.8 Å². The number of fused-ring (bicyclic) bond motifs is 3. The maximum absolute atomic E-state index is 13.2. The van der Waals surface area contributed by atoms with Crippen LogP contribution in [0.2, 0.25) is 0 Å². The van der Waals surface area contributed by atoms with Crippen LogP contribution in [0, 0.1) is 39.9 Å². The van der Waals surface area contributed by atoms with Gasteiger partial charge in [-0.25, -0.2) is 4.79 Å². The van der Waals surface area contributed by atoms with Gasteiger partial charge < -0.3 is 14.9 Å². The maximum Gasteiger partial charge on any atom is 0.333 e. The highest BCUT2D eigenvalue weighted by molar-refractivity contribution is 5.89. The number of ketones is 1. The van der Waals surface area contributed by atoms with Gasteiger partial charge in [-0.1, -0.05) is 13.0 Å². The fourth-order valence-electron chi connectivity index (χ4n) is 8.43. The van der Waals surface area contributed by atoms with Crippen molar-refractivity contribution in [2.75, 3.05) is 13.2 Å².